The van der Waals surface area contributed by atoms with E-state index in [0.717, 1.165) is 22.5 Å². The summed E-state index contributed by atoms with van der Waals surface area (Å²) in [6.07, 6.45) is 3.98. The maximum Gasteiger partial charge on any atom is 0.161 e. The molecular weight excluding hydrogens is 348 g/mol. The molecule has 4 rings (SSSR count). The molecule has 0 fully saturated rings. The van der Waals surface area contributed by atoms with Crippen LogP contribution in [0, 0.1) is 0 Å². The molecule has 4 aromatic rings. The Kier molecular flexibility index (Phi) is 4.50. The fourth-order valence-corrected chi connectivity index (χ4v) is 2.89. The average Bonchev–Trinajstić information content (AvgIpc) is 3.11. The number of halogens is 1. The van der Waals surface area contributed by atoms with Gasteiger partial charge in [-0.15, -0.1) is 0 Å². The van der Waals surface area contributed by atoms with Crippen LogP contribution >= 0.6 is 11.6 Å². The van der Waals surface area contributed by atoms with Gasteiger partial charge in [0.2, 0.25) is 0 Å². The summed E-state index contributed by atoms with van der Waals surface area (Å²) in [5, 5.41) is 0.711. The highest BCUT2D eigenvalue weighted by atomic mass is 35.5. The molecule has 0 atom stereocenters. The van der Waals surface area contributed by atoms with Crippen molar-refractivity contribution in [2.45, 2.75) is 6.61 Å². The maximum absolute atomic E-state index is 5.91. The van der Waals surface area contributed by atoms with Crippen molar-refractivity contribution in [3.05, 3.63) is 83.6 Å². The highest BCUT2D eigenvalue weighted by Crippen LogP contribution is 2.33. The van der Waals surface area contributed by atoms with Gasteiger partial charge in [0.15, 0.2) is 11.5 Å². The number of nitrogens with zero attached hydrogens (tertiary/aromatic N) is 2. The van der Waals surface area contributed by atoms with Crippen molar-refractivity contribution in [1.29, 1.82) is 0 Å². The summed E-state index contributed by atoms with van der Waals surface area (Å²) in [7, 11) is 1.64. The summed E-state index contributed by atoms with van der Waals surface area (Å²) in [4.78, 5) is 4.64. The summed E-state index contributed by atoms with van der Waals surface area (Å²) in [6.45, 7) is 0.446. The number of rotatable bonds is 5. The number of benzene rings is 2. The Morgan fingerprint density at radius 1 is 1.00 bits per heavy atom. The van der Waals surface area contributed by atoms with Gasteiger partial charge in [-0.25, -0.2) is 4.98 Å². The molecule has 0 spiro atoms. The van der Waals surface area contributed by atoms with Crippen molar-refractivity contribution in [1.82, 2.24) is 9.38 Å². The molecule has 4 nitrogen and oxygen atoms in total. The fourth-order valence-electron chi connectivity index (χ4n) is 2.76. The number of hydrogen-bond acceptors (Lipinski definition) is 3. The van der Waals surface area contributed by atoms with Crippen LogP contribution in [0.1, 0.15) is 5.56 Å². The van der Waals surface area contributed by atoms with Crippen molar-refractivity contribution in [3.8, 4) is 22.8 Å². The summed E-state index contributed by atoms with van der Waals surface area (Å²) < 4.78 is 13.4. The fraction of sp³-hybridized carbons (Fsp3) is 0.0952. The first kappa shape index (κ1) is 16.5. The molecule has 0 bridgehead atoms. The summed E-state index contributed by atoms with van der Waals surface area (Å²) in [5.74, 6) is 1.36. The first-order valence-corrected chi connectivity index (χ1v) is 8.60. The molecule has 0 radical (unpaired) electrons. The van der Waals surface area contributed by atoms with Crippen molar-refractivity contribution in [2.24, 2.45) is 0 Å². The van der Waals surface area contributed by atoms with Crippen molar-refractivity contribution < 1.29 is 9.47 Å². The normalized spacial score (nSPS) is 10.8. The zero-order valence-electron chi connectivity index (χ0n) is 14.2. The van der Waals surface area contributed by atoms with Crippen LogP contribution in [0.15, 0.2) is 73.1 Å². The van der Waals surface area contributed by atoms with E-state index >= 15 is 0 Å². The van der Waals surface area contributed by atoms with Gasteiger partial charge in [-0.3, -0.25) is 0 Å². The Bertz CT molecular complexity index is 1010. The second-order valence-corrected chi connectivity index (χ2v) is 6.31. The third kappa shape index (κ3) is 3.37. The van der Waals surface area contributed by atoms with Gasteiger partial charge in [-0.2, -0.15) is 0 Å². The minimum Gasteiger partial charge on any atom is -0.493 e. The molecule has 0 saturated heterocycles. The molecule has 0 saturated carbocycles. The number of hydrogen-bond donors (Lipinski definition) is 0. The van der Waals surface area contributed by atoms with Gasteiger partial charge in [0, 0.05) is 23.0 Å². The van der Waals surface area contributed by atoms with Gasteiger partial charge in [-0.1, -0.05) is 29.8 Å². The maximum atomic E-state index is 5.91. The molecule has 5 heteroatoms. The van der Waals surface area contributed by atoms with E-state index in [0.29, 0.717) is 23.1 Å². The highest BCUT2D eigenvalue weighted by molar-refractivity contribution is 6.30. The van der Waals surface area contributed by atoms with E-state index in [4.69, 9.17) is 21.1 Å². The molecule has 26 heavy (non-hydrogen) atoms. The van der Waals surface area contributed by atoms with Gasteiger partial charge in [0.1, 0.15) is 12.3 Å². The van der Waals surface area contributed by atoms with Crippen LogP contribution in [0.3, 0.4) is 0 Å². The van der Waals surface area contributed by atoms with E-state index in [1.165, 1.54) is 0 Å². The molecule has 0 N–H and O–H groups in total. The lowest BCUT2D eigenvalue weighted by Gasteiger charge is -2.12. The van der Waals surface area contributed by atoms with Gasteiger partial charge < -0.3 is 13.9 Å². The Balaban J connectivity index is 1.58. The Morgan fingerprint density at radius 2 is 1.85 bits per heavy atom. The second-order valence-electron chi connectivity index (χ2n) is 5.87. The molecule has 0 unspecified atom stereocenters. The molecule has 0 aliphatic carbocycles. The molecule has 2 heterocycles. The van der Waals surface area contributed by atoms with Crippen LogP contribution in [0.2, 0.25) is 5.02 Å². The van der Waals surface area contributed by atoms with Crippen molar-refractivity contribution >= 4 is 17.2 Å². The van der Waals surface area contributed by atoms with Crippen LogP contribution in [0.25, 0.3) is 16.9 Å². The van der Waals surface area contributed by atoms with Crippen molar-refractivity contribution in [2.75, 3.05) is 7.11 Å². The summed E-state index contributed by atoms with van der Waals surface area (Å²) >= 11 is 5.91. The quantitative estimate of drug-likeness (QED) is 0.485. The van der Waals surface area contributed by atoms with E-state index < -0.39 is 0 Å². The predicted molar refractivity (Wildman–Crippen MR) is 103 cm³/mol. The molecule has 2 aromatic carbocycles. The number of imidazole rings is 1. The number of fused-ring (bicyclic) bond motifs is 1. The number of methoxy groups -OCH3 is 1. The third-order valence-electron chi connectivity index (χ3n) is 4.13. The van der Waals surface area contributed by atoms with Crippen LogP contribution in [-0.4, -0.2) is 16.5 Å². The van der Waals surface area contributed by atoms with Gasteiger partial charge >= 0.3 is 0 Å². The molecule has 2 aromatic heterocycles. The van der Waals surface area contributed by atoms with Crippen LogP contribution in [-0.2, 0) is 6.61 Å². The first-order chi connectivity index (χ1) is 12.7. The van der Waals surface area contributed by atoms with Crippen LogP contribution in [0.5, 0.6) is 11.5 Å². The molecule has 130 valence electrons. The van der Waals surface area contributed by atoms with Gasteiger partial charge in [0.25, 0.3) is 0 Å². The van der Waals surface area contributed by atoms with E-state index in [1.807, 2.05) is 77.5 Å². The minimum atomic E-state index is 0.446. The Morgan fingerprint density at radius 3 is 2.62 bits per heavy atom. The minimum absolute atomic E-state index is 0.446. The Hall–Kier alpha value is -2.98. The van der Waals surface area contributed by atoms with Gasteiger partial charge in [0.05, 0.1) is 12.8 Å². The van der Waals surface area contributed by atoms with E-state index in [1.54, 1.807) is 7.11 Å². The lowest BCUT2D eigenvalue weighted by Crippen LogP contribution is -1.97. The number of pyridine rings is 1. The third-order valence-corrected chi connectivity index (χ3v) is 4.38. The lowest BCUT2D eigenvalue weighted by atomic mass is 10.1. The topological polar surface area (TPSA) is 35.8 Å². The van der Waals surface area contributed by atoms with Crippen LogP contribution in [0.4, 0.5) is 0 Å². The second kappa shape index (κ2) is 7.10. The predicted octanol–water partition coefficient (Wildman–Crippen LogP) is 5.24. The van der Waals surface area contributed by atoms with Gasteiger partial charge in [-0.05, 0) is 48.0 Å². The van der Waals surface area contributed by atoms with Crippen molar-refractivity contribution in [3.63, 3.8) is 0 Å². The molecule has 0 amide bonds. The lowest BCUT2D eigenvalue weighted by molar-refractivity contribution is 0.284. The summed E-state index contributed by atoms with van der Waals surface area (Å²) in [5.41, 5.74) is 3.81. The van der Waals surface area contributed by atoms with Crippen LogP contribution < -0.4 is 9.47 Å². The molecular formula is C21H17ClN2O2. The zero-order valence-corrected chi connectivity index (χ0v) is 15.0. The highest BCUT2D eigenvalue weighted by Gasteiger charge is 2.10. The largest absolute Gasteiger partial charge is 0.493 e. The van der Waals surface area contributed by atoms with E-state index in [-0.39, 0.29) is 0 Å². The number of ether oxygens (including phenoxy) is 2. The molecule has 0 aliphatic heterocycles. The van der Waals surface area contributed by atoms with E-state index in [9.17, 15) is 0 Å². The smallest absolute Gasteiger partial charge is 0.161 e. The standard InChI is InChI=1S/C21H17ClN2O2/c1-25-20-12-16(18-13-24-11-3-2-4-21(24)23-18)7-10-19(20)26-14-15-5-8-17(22)9-6-15/h2-13H,14H2,1H3. The number of aromatic nitrogens is 2. The summed E-state index contributed by atoms with van der Waals surface area (Å²) in [6, 6.07) is 19.4. The molecule has 0 aliphatic rings. The zero-order chi connectivity index (χ0) is 17.9. The average molecular weight is 365 g/mol. The Labute approximate surface area is 156 Å². The van der Waals surface area contributed by atoms with E-state index in [2.05, 4.69) is 4.98 Å². The monoisotopic (exact) mass is 364 g/mol. The SMILES string of the molecule is COc1cc(-c2cn3ccccc3n2)ccc1OCc1ccc(Cl)cc1. The first-order valence-electron chi connectivity index (χ1n) is 8.22.